The Morgan fingerprint density at radius 2 is 2.36 bits per heavy atom. The zero-order valence-corrected chi connectivity index (χ0v) is 6.75. The number of ether oxygens (including phenoxy) is 1. The van der Waals surface area contributed by atoms with E-state index in [0.29, 0.717) is 0 Å². The molecule has 0 N–H and O–H groups in total. The van der Waals surface area contributed by atoms with Gasteiger partial charge in [0, 0.05) is 5.41 Å². The highest BCUT2D eigenvalue weighted by Gasteiger charge is 2.72. The molecule has 3 aliphatic carbocycles. The van der Waals surface area contributed by atoms with Gasteiger partial charge in [0.15, 0.2) is 0 Å². The molecule has 0 amide bonds. The lowest BCUT2D eigenvalue weighted by Crippen LogP contribution is -2.26. The molecule has 1 aliphatic heterocycles. The molecule has 5 atom stereocenters. The first-order valence-electron chi connectivity index (χ1n) is 5.06. The van der Waals surface area contributed by atoms with Crippen molar-refractivity contribution >= 4 is 0 Å². The molecule has 4 aliphatic rings. The Labute approximate surface area is 67.1 Å². The second kappa shape index (κ2) is 1.39. The maximum Gasteiger partial charge on any atom is 0.0903 e. The predicted molar refractivity (Wildman–Crippen MR) is 41.2 cm³/mol. The normalized spacial score (nSPS) is 69.8. The molecule has 4 rings (SSSR count). The minimum atomic E-state index is 0.731. The molecule has 1 heteroatoms. The van der Waals surface area contributed by atoms with Gasteiger partial charge in [0.05, 0.1) is 12.2 Å². The number of rotatable bonds is 0. The zero-order chi connectivity index (χ0) is 7.05. The van der Waals surface area contributed by atoms with Crippen molar-refractivity contribution in [2.75, 3.05) is 0 Å². The topological polar surface area (TPSA) is 12.5 Å². The van der Waals surface area contributed by atoms with E-state index in [0.717, 1.165) is 29.5 Å². The van der Waals surface area contributed by atoms with E-state index in [-0.39, 0.29) is 0 Å². The van der Waals surface area contributed by atoms with Crippen LogP contribution in [0.15, 0.2) is 0 Å². The molecule has 1 saturated heterocycles. The number of hydrogen-bond acceptors (Lipinski definition) is 1. The average Bonchev–Trinajstić information content (AvgIpc) is 2.48. The van der Waals surface area contributed by atoms with Gasteiger partial charge in [0.1, 0.15) is 0 Å². The lowest BCUT2D eigenvalue weighted by molar-refractivity contribution is 0.155. The lowest BCUT2D eigenvalue weighted by Gasteiger charge is -2.26. The number of hydrogen-bond donors (Lipinski definition) is 0. The van der Waals surface area contributed by atoms with Gasteiger partial charge >= 0.3 is 0 Å². The zero-order valence-electron chi connectivity index (χ0n) is 6.75. The number of epoxide rings is 1. The first-order valence-corrected chi connectivity index (χ1v) is 5.06. The Morgan fingerprint density at radius 1 is 1.36 bits per heavy atom. The predicted octanol–water partition coefficient (Wildman–Crippen LogP) is 1.96. The van der Waals surface area contributed by atoms with E-state index in [4.69, 9.17) is 4.74 Å². The van der Waals surface area contributed by atoms with Gasteiger partial charge in [-0.1, -0.05) is 6.42 Å². The van der Waals surface area contributed by atoms with Gasteiger partial charge in [-0.15, -0.1) is 0 Å². The minimum Gasteiger partial charge on any atom is -0.369 e. The summed E-state index contributed by atoms with van der Waals surface area (Å²) in [6.45, 7) is 0. The van der Waals surface area contributed by atoms with Gasteiger partial charge < -0.3 is 4.74 Å². The molecule has 1 heterocycles. The molecule has 60 valence electrons. The Balaban J connectivity index is 1.87. The molecule has 5 unspecified atom stereocenters. The van der Waals surface area contributed by atoms with Crippen molar-refractivity contribution < 1.29 is 4.74 Å². The van der Waals surface area contributed by atoms with E-state index >= 15 is 0 Å². The maximum atomic E-state index is 5.74. The van der Waals surface area contributed by atoms with Crippen molar-refractivity contribution in [2.24, 2.45) is 17.3 Å². The molecule has 1 nitrogen and oxygen atoms in total. The van der Waals surface area contributed by atoms with E-state index < -0.39 is 0 Å². The van der Waals surface area contributed by atoms with E-state index in [2.05, 4.69) is 0 Å². The summed E-state index contributed by atoms with van der Waals surface area (Å²) in [5.74, 6) is 2.07. The lowest BCUT2D eigenvalue weighted by atomic mass is 9.77. The summed E-state index contributed by atoms with van der Waals surface area (Å²) in [7, 11) is 0. The van der Waals surface area contributed by atoms with Crippen LogP contribution < -0.4 is 0 Å². The van der Waals surface area contributed by atoms with E-state index in [1.54, 1.807) is 0 Å². The Morgan fingerprint density at radius 3 is 3.27 bits per heavy atom. The van der Waals surface area contributed by atoms with Gasteiger partial charge in [-0.05, 0) is 37.5 Å². The van der Waals surface area contributed by atoms with Gasteiger partial charge in [0.25, 0.3) is 0 Å². The molecule has 4 fully saturated rings. The average molecular weight is 150 g/mol. The van der Waals surface area contributed by atoms with Crippen LogP contribution in [0.4, 0.5) is 0 Å². The summed E-state index contributed by atoms with van der Waals surface area (Å²) in [5.41, 5.74) is 0.731. The van der Waals surface area contributed by atoms with Gasteiger partial charge in [0.2, 0.25) is 0 Å². The Kier molecular flexibility index (Phi) is 0.706. The summed E-state index contributed by atoms with van der Waals surface area (Å²) in [5, 5.41) is 0. The summed E-state index contributed by atoms with van der Waals surface area (Å²) in [4.78, 5) is 0. The quantitative estimate of drug-likeness (QED) is 0.481. The second-order valence-electron chi connectivity index (χ2n) is 5.04. The highest BCUT2D eigenvalue weighted by Crippen LogP contribution is 2.71. The first-order chi connectivity index (χ1) is 5.40. The molecule has 11 heavy (non-hydrogen) atoms. The standard InChI is InChI=1S/C10H14O/c1-2-7-4-6-5-10(7,3-1)9-8(6)11-9/h6-9H,1-5H2. The van der Waals surface area contributed by atoms with Crippen LogP contribution >= 0.6 is 0 Å². The van der Waals surface area contributed by atoms with Crippen LogP contribution in [0.25, 0.3) is 0 Å². The third kappa shape index (κ3) is 0.438. The second-order valence-corrected chi connectivity index (χ2v) is 5.04. The highest BCUT2D eigenvalue weighted by molar-refractivity contribution is 5.20. The van der Waals surface area contributed by atoms with Crippen LogP contribution in [0.1, 0.15) is 32.1 Å². The van der Waals surface area contributed by atoms with Crippen molar-refractivity contribution in [3.05, 3.63) is 0 Å². The van der Waals surface area contributed by atoms with Crippen LogP contribution in [0.2, 0.25) is 0 Å². The van der Waals surface area contributed by atoms with Crippen molar-refractivity contribution in [2.45, 2.75) is 44.3 Å². The first kappa shape index (κ1) is 5.58. The van der Waals surface area contributed by atoms with Gasteiger partial charge in [-0.25, -0.2) is 0 Å². The van der Waals surface area contributed by atoms with Crippen LogP contribution in [-0.4, -0.2) is 12.2 Å². The maximum absolute atomic E-state index is 5.74. The summed E-state index contributed by atoms with van der Waals surface area (Å²) in [6, 6.07) is 0. The van der Waals surface area contributed by atoms with E-state index in [1.165, 1.54) is 32.1 Å². The smallest absolute Gasteiger partial charge is 0.0903 e. The fourth-order valence-corrected chi connectivity index (χ4v) is 4.41. The van der Waals surface area contributed by atoms with Crippen LogP contribution in [-0.2, 0) is 4.74 Å². The largest absolute Gasteiger partial charge is 0.369 e. The number of fused-ring (bicyclic) bond motifs is 3. The van der Waals surface area contributed by atoms with E-state index in [1.807, 2.05) is 0 Å². The third-order valence-corrected chi connectivity index (χ3v) is 4.79. The van der Waals surface area contributed by atoms with Gasteiger partial charge in [-0.2, -0.15) is 0 Å². The molecule has 0 aromatic carbocycles. The monoisotopic (exact) mass is 150 g/mol. The van der Waals surface area contributed by atoms with Crippen molar-refractivity contribution in [1.82, 2.24) is 0 Å². The Bertz CT molecular complexity index is 225. The third-order valence-electron chi connectivity index (χ3n) is 4.79. The summed E-state index contributed by atoms with van der Waals surface area (Å²) in [6.07, 6.45) is 9.04. The molecule has 0 radical (unpaired) electrons. The van der Waals surface area contributed by atoms with Crippen LogP contribution in [0, 0.1) is 17.3 Å². The molecular formula is C10H14O. The molecule has 1 spiro atoms. The summed E-state index contributed by atoms with van der Waals surface area (Å²) >= 11 is 0. The molecule has 2 bridgehead atoms. The van der Waals surface area contributed by atoms with Gasteiger partial charge in [-0.3, -0.25) is 0 Å². The van der Waals surface area contributed by atoms with Crippen molar-refractivity contribution in [1.29, 1.82) is 0 Å². The molecule has 0 aromatic rings. The molecular weight excluding hydrogens is 136 g/mol. The molecule has 3 saturated carbocycles. The van der Waals surface area contributed by atoms with Crippen molar-refractivity contribution in [3.63, 3.8) is 0 Å². The highest BCUT2D eigenvalue weighted by atomic mass is 16.6. The van der Waals surface area contributed by atoms with Crippen LogP contribution in [0.3, 0.4) is 0 Å². The van der Waals surface area contributed by atoms with E-state index in [9.17, 15) is 0 Å². The minimum absolute atomic E-state index is 0.731. The fraction of sp³-hybridized carbons (Fsp3) is 1.00. The summed E-state index contributed by atoms with van der Waals surface area (Å²) < 4.78 is 5.74. The SMILES string of the molecule is C1CC2CC3CC2(C1)C1OC31. The fourth-order valence-electron chi connectivity index (χ4n) is 4.41. The van der Waals surface area contributed by atoms with Crippen molar-refractivity contribution in [3.8, 4) is 0 Å². The molecule has 0 aromatic heterocycles. The van der Waals surface area contributed by atoms with Crippen LogP contribution in [0.5, 0.6) is 0 Å². The Hall–Kier alpha value is -0.0400.